The van der Waals surface area contributed by atoms with Crippen LogP contribution < -0.4 is 0 Å². The maximum Gasteiger partial charge on any atom is 0.122 e. The summed E-state index contributed by atoms with van der Waals surface area (Å²) in [5.74, 6) is 0. The molecule has 6 nitrogen and oxygen atoms in total. The Bertz CT molecular complexity index is 376. The topological polar surface area (TPSA) is 84.0 Å². The Morgan fingerprint density at radius 1 is 0.800 bits per heavy atom. The summed E-state index contributed by atoms with van der Waals surface area (Å²) in [6, 6.07) is 0. The van der Waals surface area contributed by atoms with Crippen LogP contribution in [0.15, 0.2) is 12.2 Å². The molecular weight excluding hydrogens is 264 g/mol. The van der Waals surface area contributed by atoms with Gasteiger partial charge >= 0.3 is 0 Å². The van der Waals surface area contributed by atoms with Crippen LogP contribution in [0.1, 0.15) is 12.8 Å². The van der Waals surface area contributed by atoms with Crippen molar-refractivity contribution >= 4 is 0 Å². The van der Waals surface area contributed by atoms with Crippen LogP contribution in [-0.2, 0) is 18.9 Å². The molecule has 6 heteroatoms. The molecular formula is C14H20O6. The number of rotatable bonds is 2. The molecule has 0 aromatic rings. The van der Waals surface area contributed by atoms with Crippen LogP contribution in [0.5, 0.6) is 0 Å². The van der Waals surface area contributed by atoms with Crippen molar-refractivity contribution in [2.45, 2.75) is 48.5 Å². The van der Waals surface area contributed by atoms with Gasteiger partial charge in [0.05, 0.1) is 26.4 Å². The molecule has 0 aliphatic carbocycles. The maximum absolute atomic E-state index is 10.2. The van der Waals surface area contributed by atoms with E-state index in [2.05, 4.69) is 0 Å². The number of ether oxygens (including phenoxy) is 4. The summed E-state index contributed by atoms with van der Waals surface area (Å²) in [5, 5.41) is 20.5. The van der Waals surface area contributed by atoms with Crippen molar-refractivity contribution in [3.8, 4) is 0 Å². The monoisotopic (exact) mass is 284 g/mol. The molecule has 112 valence electrons. The fourth-order valence-corrected chi connectivity index (χ4v) is 3.17. The SMILES string of the molecule is O[C@@H]1[C@@H](/C=C/[C@H]2OCC[C@@]3(CO3)[C@@H]2O)OCC[C@@]12CO2. The van der Waals surface area contributed by atoms with Crippen molar-refractivity contribution in [3.05, 3.63) is 12.2 Å². The molecule has 4 aliphatic rings. The molecule has 4 rings (SSSR count). The second-order valence-corrected chi connectivity index (χ2v) is 6.15. The van der Waals surface area contributed by atoms with Crippen LogP contribution in [-0.4, -0.2) is 72.3 Å². The van der Waals surface area contributed by atoms with Crippen LogP contribution in [0.4, 0.5) is 0 Å². The van der Waals surface area contributed by atoms with Gasteiger partial charge in [0.25, 0.3) is 0 Å². The number of hydrogen-bond acceptors (Lipinski definition) is 6. The summed E-state index contributed by atoms with van der Waals surface area (Å²) < 4.78 is 21.9. The van der Waals surface area contributed by atoms with Crippen molar-refractivity contribution in [3.63, 3.8) is 0 Å². The van der Waals surface area contributed by atoms with Gasteiger partial charge in [-0.1, -0.05) is 12.2 Å². The van der Waals surface area contributed by atoms with E-state index in [1.165, 1.54) is 0 Å². The van der Waals surface area contributed by atoms with Crippen LogP contribution in [0.2, 0.25) is 0 Å². The smallest absolute Gasteiger partial charge is 0.122 e. The molecule has 0 amide bonds. The quantitative estimate of drug-likeness (QED) is 0.519. The lowest BCUT2D eigenvalue weighted by Gasteiger charge is -2.33. The molecule has 4 aliphatic heterocycles. The van der Waals surface area contributed by atoms with E-state index in [1.807, 2.05) is 0 Å². The van der Waals surface area contributed by atoms with Gasteiger partial charge in [-0.3, -0.25) is 0 Å². The first kappa shape index (κ1) is 13.2. The largest absolute Gasteiger partial charge is 0.387 e. The lowest BCUT2D eigenvalue weighted by molar-refractivity contribution is -0.100. The Hall–Kier alpha value is -0.500. The first-order chi connectivity index (χ1) is 9.65. The Balaban J connectivity index is 1.42. The average Bonchev–Trinajstić information content (AvgIpc) is 3.35. The second kappa shape index (κ2) is 4.50. The first-order valence-electron chi connectivity index (χ1n) is 7.21. The van der Waals surface area contributed by atoms with E-state index in [-0.39, 0.29) is 0 Å². The summed E-state index contributed by atoms with van der Waals surface area (Å²) in [5.41, 5.74) is -0.805. The minimum atomic E-state index is -0.653. The van der Waals surface area contributed by atoms with Crippen molar-refractivity contribution in [1.82, 2.24) is 0 Å². The van der Waals surface area contributed by atoms with E-state index >= 15 is 0 Å². The van der Waals surface area contributed by atoms with Crippen molar-refractivity contribution in [2.24, 2.45) is 0 Å². The zero-order valence-electron chi connectivity index (χ0n) is 11.2. The van der Waals surface area contributed by atoms with E-state index in [9.17, 15) is 10.2 Å². The molecule has 2 spiro atoms. The molecule has 0 saturated carbocycles. The molecule has 0 aromatic carbocycles. The highest BCUT2D eigenvalue weighted by molar-refractivity contribution is 5.14. The molecule has 0 aromatic heterocycles. The molecule has 20 heavy (non-hydrogen) atoms. The molecule has 4 saturated heterocycles. The van der Waals surface area contributed by atoms with Crippen molar-refractivity contribution < 1.29 is 29.2 Å². The highest BCUT2D eigenvalue weighted by atomic mass is 16.6. The van der Waals surface area contributed by atoms with E-state index in [1.54, 1.807) is 12.2 Å². The van der Waals surface area contributed by atoms with E-state index in [0.29, 0.717) is 26.4 Å². The average molecular weight is 284 g/mol. The van der Waals surface area contributed by atoms with Gasteiger partial charge in [-0.05, 0) is 0 Å². The van der Waals surface area contributed by atoms with Crippen LogP contribution >= 0.6 is 0 Å². The van der Waals surface area contributed by atoms with E-state index in [4.69, 9.17) is 18.9 Å². The summed E-state index contributed by atoms with van der Waals surface area (Å²) in [6.07, 6.45) is 2.92. The Morgan fingerprint density at radius 3 is 1.55 bits per heavy atom. The first-order valence-corrected chi connectivity index (χ1v) is 7.21. The van der Waals surface area contributed by atoms with Gasteiger partial charge in [0.2, 0.25) is 0 Å². The third-order valence-electron chi connectivity index (χ3n) is 4.89. The van der Waals surface area contributed by atoms with Crippen LogP contribution in [0, 0.1) is 0 Å². The molecule has 0 unspecified atom stereocenters. The van der Waals surface area contributed by atoms with E-state index in [0.717, 1.165) is 12.8 Å². The lowest BCUT2D eigenvalue weighted by Crippen LogP contribution is -2.48. The summed E-state index contributed by atoms with van der Waals surface area (Å²) in [6.45, 7) is 2.35. The molecule has 0 bridgehead atoms. The zero-order valence-corrected chi connectivity index (χ0v) is 11.2. The molecule has 4 fully saturated rings. The van der Waals surface area contributed by atoms with Crippen molar-refractivity contribution in [1.29, 1.82) is 0 Å². The second-order valence-electron chi connectivity index (χ2n) is 6.15. The predicted molar refractivity (Wildman–Crippen MR) is 67.2 cm³/mol. The lowest BCUT2D eigenvalue weighted by atomic mass is 9.90. The highest BCUT2D eigenvalue weighted by Crippen LogP contribution is 2.41. The fourth-order valence-electron chi connectivity index (χ4n) is 3.17. The minimum Gasteiger partial charge on any atom is -0.387 e. The van der Waals surface area contributed by atoms with Gasteiger partial charge in [0.1, 0.15) is 35.6 Å². The number of aliphatic hydroxyl groups excluding tert-OH is 2. The predicted octanol–water partition coefficient (Wildman–Crippen LogP) is -0.620. The van der Waals surface area contributed by atoms with Gasteiger partial charge in [-0.25, -0.2) is 0 Å². The third kappa shape index (κ3) is 2.03. The minimum absolute atomic E-state index is 0.403. The fraction of sp³-hybridized carbons (Fsp3) is 0.857. The summed E-state index contributed by atoms with van der Waals surface area (Å²) in [7, 11) is 0. The Morgan fingerprint density at radius 2 is 1.20 bits per heavy atom. The van der Waals surface area contributed by atoms with Gasteiger partial charge in [-0.2, -0.15) is 0 Å². The number of aliphatic hydroxyl groups is 2. The number of epoxide rings is 2. The van der Waals surface area contributed by atoms with Gasteiger partial charge in [0, 0.05) is 12.8 Å². The molecule has 6 atom stereocenters. The van der Waals surface area contributed by atoms with Gasteiger partial charge < -0.3 is 29.2 Å². The highest BCUT2D eigenvalue weighted by Gasteiger charge is 2.57. The Kier molecular flexibility index (Phi) is 2.96. The normalized spacial score (nSPS) is 54.7. The number of hydrogen-bond donors (Lipinski definition) is 2. The Labute approximate surface area is 117 Å². The summed E-state index contributed by atoms with van der Waals surface area (Å²) in [4.78, 5) is 0. The maximum atomic E-state index is 10.2. The van der Waals surface area contributed by atoms with Gasteiger partial charge in [-0.15, -0.1) is 0 Å². The van der Waals surface area contributed by atoms with E-state index < -0.39 is 35.6 Å². The summed E-state index contributed by atoms with van der Waals surface area (Å²) >= 11 is 0. The molecule has 4 heterocycles. The standard InChI is InChI=1S/C14H20O6/c15-11-9(17-5-3-13(11)7-19-13)1-2-10-12(16)14(8-20-14)4-6-18-10/h1-2,9-12,15-16H,3-8H2/b2-1+/t9-,10-,11-,12-,13-,14-/m1/s1. The van der Waals surface area contributed by atoms with Crippen LogP contribution in [0.3, 0.4) is 0 Å². The van der Waals surface area contributed by atoms with Crippen LogP contribution in [0.25, 0.3) is 0 Å². The van der Waals surface area contributed by atoms with Gasteiger partial charge in [0.15, 0.2) is 0 Å². The molecule has 2 N–H and O–H groups in total. The third-order valence-corrected chi connectivity index (χ3v) is 4.89. The van der Waals surface area contributed by atoms with Crippen molar-refractivity contribution in [2.75, 3.05) is 26.4 Å². The zero-order chi connectivity index (χ0) is 13.8. The molecule has 0 radical (unpaired) electrons.